The Labute approximate surface area is 135 Å². The second kappa shape index (κ2) is 7.21. The highest BCUT2D eigenvalue weighted by atomic mass is 32.2. The van der Waals surface area contributed by atoms with Crippen molar-refractivity contribution in [3.8, 4) is 0 Å². The second-order valence-electron chi connectivity index (χ2n) is 4.99. The molecule has 23 heavy (non-hydrogen) atoms. The molecule has 0 aliphatic heterocycles. The first-order valence-electron chi connectivity index (χ1n) is 6.91. The summed E-state index contributed by atoms with van der Waals surface area (Å²) in [6.07, 6.45) is 2.36. The predicted octanol–water partition coefficient (Wildman–Crippen LogP) is 1.44. The number of urea groups is 1. The number of hydrogen-bond donors (Lipinski definition) is 2. The Hall–Kier alpha value is -2.45. The lowest BCUT2D eigenvalue weighted by atomic mass is 10.2. The molecule has 1 aromatic carbocycles. The first kappa shape index (κ1) is 16.9. The summed E-state index contributed by atoms with van der Waals surface area (Å²) in [5.41, 5.74) is 1.40. The monoisotopic (exact) mass is 334 g/mol. The Morgan fingerprint density at radius 2 is 1.91 bits per heavy atom. The van der Waals surface area contributed by atoms with Crippen LogP contribution in [0.3, 0.4) is 0 Å². The van der Waals surface area contributed by atoms with Gasteiger partial charge in [-0.1, -0.05) is 6.07 Å². The van der Waals surface area contributed by atoms with Crippen molar-refractivity contribution >= 4 is 21.7 Å². The Balaban J connectivity index is 1.90. The first-order chi connectivity index (χ1) is 10.9. The number of primary sulfonamides is 1. The summed E-state index contributed by atoms with van der Waals surface area (Å²) in [7, 11) is -2.06. The van der Waals surface area contributed by atoms with Gasteiger partial charge in [-0.15, -0.1) is 0 Å². The molecule has 0 bridgehead atoms. The maximum absolute atomic E-state index is 12.1. The van der Waals surface area contributed by atoms with E-state index in [2.05, 4.69) is 10.3 Å². The van der Waals surface area contributed by atoms with E-state index in [1.165, 1.54) is 29.2 Å². The van der Waals surface area contributed by atoms with Crippen LogP contribution in [0.1, 0.15) is 5.69 Å². The van der Waals surface area contributed by atoms with E-state index in [0.29, 0.717) is 18.7 Å². The number of benzene rings is 1. The standard InChI is InChI=1S/C15H18N4O3S/c1-19(11-9-12-4-2-3-10-17-12)15(20)18-13-5-7-14(8-6-13)23(16,21)22/h2-8,10H,9,11H2,1H3,(H,18,20)(H2,16,21,22). The summed E-state index contributed by atoms with van der Waals surface area (Å²) < 4.78 is 22.3. The molecule has 2 amide bonds. The average Bonchev–Trinajstić information content (AvgIpc) is 2.53. The number of carbonyl (C=O) groups excluding carboxylic acids is 1. The largest absolute Gasteiger partial charge is 0.327 e. The third kappa shape index (κ3) is 5.04. The fourth-order valence-electron chi connectivity index (χ4n) is 1.88. The molecule has 0 fully saturated rings. The van der Waals surface area contributed by atoms with Crippen molar-refractivity contribution in [3.63, 3.8) is 0 Å². The summed E-state index contributed by atoms with van der Waals surface area (Å²) in [5, 5.41) is 7.71. The molecule has 0 aliphatic rings. The maximum Gasteiger partial charge on any atom is 0.321 e. The molecule has 0 atom stereocenters. The van der Waals surface area contributed by atoms with E-state index in [-0.39, 0.29) is 10.9 Å². The van der Waals surface area contributed by atoms with E-state index < -0.39 is 10.0 Å². The number of likely N-dealkylation sites (N-methyl/N-ethyl adjacent to an activating group) is 1. The van der Waals surface area contributed by atoms with Gasteiger partial charge in [0.2, 0.25) is 10.0 Å². The van der Waals surface area contributed by atoms with E-state index in [1.807, 2.05) is 18.2 Å². The number of aromatic nitrogens is 1. The molecular weight excluding hydrogens is 316 g/mol. The van der Waals surface area contributed by atoms with Crippen LogP contribution in [0, 0.1) is 0 Å². The van der Waals surface area contributed by atoms with Crippen LogP contribution in [0.2, 0.25) is 0 Å². The maximum atomic E-state index is 12.1. The highest BCUT2D eigenvalue weighted by Crippen LogP contribution is 2.13. The summed E-state index contributed by atoms with van der Waals surface area (Å²) in [6.45, 7) is 0.512. The van der Waals surface area contributed by atoms with Gasteiger partial charge in [0, 0.05) is 37.6 Å². The Bertz CT molecular complexity index is 761. The number of nitrogens with two attached hydrogens (primary N) is 1. The molecule has 122 valence electrons. The molecular formula is C15H18N4O3S. The second-order valence-corrected chi connectivity index (χ2v) is 6.55. The molecule has 0 spiro atoms. The SMILES string of the molecule is CN(CCc1ccccn1)C(=O)Nc1ccc(S(N)(=O)=O)cc1. The van der Waals surface area contributed by atoms with Crippen molar-refractivity contribution in [1.82, 2.24) is 9.88 Å². The molecule has 8 heteroatoms. The van der Waals surface area contributed by atoms with Crippen LogP contribution in [0.15, 0.2) is 53.6 Å². The van der Waals surface area contributed by atoms with Gasteiger partial charge < -0.3 is 10.2 Å². The Morgan fingerprint density at radius 3 is 2.48 bits per heavy atom. The molecule has 2 aromatic rings. The van der Waals surface area contributed by atoms with Gasteiger partial charge in [0.25, 0.3) is 0 Å². The number of hydrogen-bond acceptors (Lipinski definition) is 4. The van der Waals surface area contributed by atoms with Crippen LogP contribution >= 0.6 is 0 Å². The van der Waals surface area contributed by atoms with Gasteiger partial charge >= 0.3 is 6.03 Å². The van der Waals surface area contributed by atoms with Crippen LogP contribution in [-0.4, -0.2) is 37.9 Å². The van der Waals surface area contributed by atoms with Gasteiger partial charge in [0.15, 0.2) is 0 Å². The van der Waals surface area contributed by atoms with Crippen molar-refractivity contribution in [2.75, 3.05) is 18.9 Å². The lowest BCUT2D eigenvalue weighted by Crippen LogP contribution is -2.33. The molecule has 0 unspecified atom stereocenters. The van der Waals surface area contributed by atoms with E-state index >= 15 is 0 Å². The number of sulfonamides is 1. The minimum absolute atomic E-state index is 0.000921. The number of nitrogens with zero attached hydrogens (tertiary/aromatic N) is 2. The normalized spacial score (nSPS) is 11.0. The Morgan fingerprint density at radius 1 is 1.22 bits per heavy atom. The fourth-order valence-corrected chi connectivity index (χ4v) is 2.39. The summed E-state index contributed by atoms with van der Waals surface area (Å²) >= 11 is 0. The number of rotatable bonds is 5. The molecule has 3 N–H and O–H groups in total. The van der Waals surface area contributed by atoms with Crippen molar-refractivity contribution in [3.05, 3.63) is 54.4 Å². The predicted molar refractivity (Wildman–Crippen MR) is 87.4 cm³/mol. The average molecular weight is 334 g/mol. The molecule has 1 heterocycles. The van der Waals surface area contributed by atoms with Gasteiger partial charge in [-0.2, -0.15) is 0 Å². The van der Waals surface area contributed by atoms with Gasteiger partial charge in [-0.25, -0.2) is 18.4 Å². The minimum Gasteiger partial charge on any atom is -0.327 e. The first-order valence-corrected chi connectivity index (χ1v) is 8.46. The zero-order chi connectivity index (χ0) is 16.9. The molecule has 1 aromatic heterocycles. The van der Waals surface area contributed by atoms with Crippen LogP contribution in [0.4, 0.5) is 10.5 Å². The van der Waals surface area contributed by atoms with Crippen molar-refractivity contribution < 1.29 is 13.2 Å². The van der Waals surface area contributed by atoms with Crippen LogP contribution < -0.4 is 10.5 Å². The molecule has 0 saturated carbocycles. The van der Waals surface area contributed by atoms with Crippen LogP contribution in [0.25, 0.3) is 0 Å². The number of anilines is 1. The zero-order valence-corrected chi connectivity index (χ0v) is 13.5. The van der Waals surface area contributed by atoms with E-state index in [4.69, 9.17) is 5.14 Å². The highest BCUT2D eigenvalue weighted by Gasteiger charge is 2.11. The van der Waals surface area contributed by atoms with E-state index in [9.17, 15) is 13.2 Å². The topological polar surface area (TPSA) is 105 Å². The Kier molecular flexibility index (Phi) is 5.30. The van der Waals surface area contributed by atoms with Crippen molar-refractivity contribution in [2.24, 2.45) is 5.14 Å². The van der Waals surface area contributed by atoms with E-state index in [1.54, 1.807) is 13.2 Å². The molecule has 2 rings (SSSR count). The third-order valence-electron chi connectivity index (χ3n) is 3.21. The quantitative estimate of drug-likeness (QED) is 0.863. The lowest BCUT2D eigenvalue weighted by Gasteiger charge is -2.17. The number of amides is 2. The van der Waals surface area contributed by atoms with Gasteiger partial charge in [0.05, 0.1) is 4.90 Å². The summed E-state index contributed by atoms with van der Waals surface area (Å²) in [4.78, 5) is 17.8. The minimum atomic E-state index is -3.73. The molecule has 0 radical (unpaired) electrons. The van der Waals surface area contributed by atoms with Crippen molar-refractivity contribution in [2.45, 2.75) is 11.3 Å². The van der Waals surface area contributed by atoms with Crippen molar-refractivity contribution in [1.29, 1.82) is 0 Å². The van der Waals surface area contributed by atoms with Gasteiger partial charge in [-0.3, -0.25) is 4.98 Å². The fraction of sp³-hybridized carbons (Fsp3) is 0.200. The number of pyridine rings is 1. The number of carbonyl (C=O) groups is 1. The van der Waals surface area contributed by atoms with E-state index in [0.717, 1.165) is 5.69 Å². The molecule has 0 aliphatic carbocycles. The van der Waals surface area contributed by atoms with Gasteiger partial charge in [0.1, 0.15) is 0 Å². The smallest absolute Gasteiger partial charge is 0.321 e. The zero-order valence-electron chi connectivity index (χ0n) is 12.6. The summed E-state index contributed by atoms with van der Waals surface area (Å²) in [6, 6.07) is 11.0. The molecule has 0 saturated heterocycles. The molecule has 7 nitrogen and oxygen atoms in total. The van der Waals surface area contributed by atoms with Gasteiger partial charge in [-0.05, 0) is 36.4 Å². The highest BCUT2D eigenvalue weighted by molar-refractivity contribution is 7.89. The number of nitrogens with one attached hydrogen (secondary N) is 1. The lowest BCUT2D eigenvalue weighted by molar-refractivity contribution is 0.223. The van der Waals surface area contributed by atoms with Crippen LogP contribution in [0.5, 0.6) is 0 Å². The third-order valence-corrected chi connectivity index (χ3v) is 4.14. The van der Waals surface area contributed by atoms with Crippen LogP contribution in [-0.2, 0) is 16.4 Å². The summed E-state index contributed by atoms with van der Waals surface area (Å²) in [5.74, 6) is 0.